The molecule has 1 aliphatic heterocycles. The van der Waals surface area contributed by atoms with E-state index >= 15 is 0 Å². The molecule has 0 radical (unpaired) electrons. The zero-order valence-corrected chi connectivity index (χ0v) is 13.3. The van der Waals surface area contributed by atoms with Gasteiger partial charge in [0, 0.05) is 24.9 Å². The van der Waals surface area contributed by atoms with Crippen LogP contribution in [-0.4, -0.2) is 20.6 Å². The van der Waals surface area contributed by atoms with Crippen molar-refractivity contribution in [2.24, 2.45) is 5.73 Å². The zero-order chi connectivity index (χ0) is 18.6. The number of benzene rings is 1. The molecule has 0 amide bonds. The van der Waals surface area contributed by atoms with Crippen molar-refractivity contribution >= 4 is 11.0 Å². The predicted octanol–water partition coefficient (Wildman–Crippen LogP) is 3.40. The third-order valence-corrected chi connectivity index (χ3v) is 4.67. The Bertz CT molecular complexity index is 995. The van der Waals surface area contributed by atoms with Gasteiger partial charge >= 0.3 is 6.18 Å². The molecular weight excluding hydrogens is 355 g/mol. The van der Waals surface area contributed by atoms with Gasteiger partial charge in [0.1, 0.15) is 28.7 Å². The Labute approximate surface area is 144 Å². The summed E-state index contributed by atoms with van der Waals surface area (Å²) in [4.78, 5) is 7.70. The van der Waals surface area contributed by atoms with E-state index in [1.54, 1.807) is 4.57 Å². The van der Waals surface area contributed by atoms with Gasteiger partial charge in [0.05, 0.1) is 11.7 Å². The van der Waals surface area contributed by atoms with E-state index in [0.29, 0.717) is 11.3 Å². The Morgan fingerprint density at radius 1 is 1.15 bits per heavy atom. The second-order valence-corrected chi connectivity index (χ2v) is 6.33. The van der Waals surface area contributed by atoms with Gasteiger partial charge in [-0.25, -0.2) is 18.7 Å². The molecule has 0 bridgehead atoms. The Kier molecular flexibility index (Phi) is 3.72. The quantitative estimate of drug-likeness (QED) is 0.670. The summed E-state index contributed by atoms with van der Waals surface area (Å²) in [5.41, 5.74) is 5.85. The number of rotatable bonds is 1. The average Bonchev–Trinajstić information content (AvgIpc) is 2.92. The maximum Gasteiger partial charge on any atom is 0.433 e. The van der Waals surface area contributed by atoms with E-state index in [2.05, 4.69) is 9.97 Å². The Morgan fingerprint density at radius 2 is 1.92 bits per heavy atom. The van der Waals surface area contributed by atoms with Crippen molar-refractivity contribution in [2.75, 3.05) is 0 Å². The van der Waals surface area contributed by atoms with E-state index in [9.17, 15) is 22.0 Å². The first-order valence-corrected chi connectivity index (χ1v) is 7.87. The van der Waals surface area contributed by atoms with Gasteiger partial charge in [-0.2, -0.15) is 13.2 Å². The molecule has 0 fully saturated rings. The molecule has 4 nitrogen and oxygen atoms in total. The molecule has 0 saturated heterocycles. The summed E-state index contributed by atoms with van der Waals surface area (Å²) in [6.07, 6.45) is -3.31. The molecule has 2 unspecified atom stereocenters. The lowest BCUT2D eigenvalue weighted by Crippen LogP contribution is -2.39. The Hall–Kier alpha value is -2.55. The zero-order valence-electron chi connectivity index (χ0n) is 13.3. The summed E-state index contributed by atoms with van der Waals surface area (Å²) < 4.78 is 67.9. The third kappa shape index (κ3) is 2.72. The Balaban J connectivity index is 1.78. The van der Waals surface area contributed by atoms with Crippen LogP contribution in [0.5, 0.6) is 0 Å². The molecule has 0 saturated carbocycles. The summed E-state index contributed by atoms with van der Waals surface area (Å²) in [5, 5.41) is 0. The van der Waals surface area contributed by atoms with Crippen LogP contribution >= 0.6 is 0 Å². The lowest BCUT2D eigenvalue weighted by molar-refractivity contribution is -0.141. The standard InChI is InChI=1S/C17H13F5N4/c18-8-1-2-11(19)9(3-8)10-4-16-25-13-6-24-15(17(20,21)22)5-14(13)26(16)7-12(10)23/h1-3,5-6,10,12H,4,7,23H2. The number of fused-ring (bicyclic) bond motifs is 3. The average molecular weight is 368 g/mol. The molecule has 2 atom stereocenters. The van der Waals surface area contributed by atoms with Crippen LogP contribution in [-0.2, 0) is 19.1 Å². The highest BCUT2D eigenvalue weighted by molar-refractivity contribution is 5.76. The molecule has 9 heteroatoms. The van der Waals surface area contributed by atoms with Gasteiger partial charge in [0.15, 0.2) is 0 Å². The largest absolute Gasteiger partial charge is 0.433 e. The smallest absolute Gasteiger partial charge is 0.326 e. The lowest BCUT2D eigenvalue weighted by Gasteiger charge is -2.30. The first kappa shape index (κ1) is 16.9. The van der Waals surface area contributed by atoms with Gasteiger partial charge in [-0.15, -0.1) is 0 Å². The molecule has 2 aromatic heterocycles. The van der Waals surface area contributed by atoms with Crippen molar-refractivity contribution in [1.29, 1.82) is 0 Å². The van der Waals surface area contributed by atoms with Crippen LogP contribution in [0.1, 0.15) is 23.0 Å². The van der Waals surface area contributed by atoms with E-state index in [-0.39, 0.29) is 24.0 Å². The molecule has 4 rings (SSSR count). The van der Waals surface area contributed by atoms with Crippen molar-refractivity contribution in [1.82, 2.24) is 14.5 Å². The molecule has 0 aliphatic carbocycles. The predicted molar refractivity (Wildman–Crippen MR) is 83.3 cm³/mol. The van der Waals surface area contributed by atoms with Gasteiger partial charge in [-0.3, -0.25) is 0 Å². The van der Waals surface area contributed by atoms with Crippen LogP contribution in [0, 0.1) is 11.6 Å². The van der Waals surface area contributed by atoms with E-state index in [0.717, 1.165) is 30.5 Å². The summed E-state index contributed by atoms with van der Waals surface area (Å²) in [6, 6.07) is 3.49. The number of pyridine rings is 1. The van der Waals surface area contributed by atoms with E-state index < -0.39 is 35.5 Å². The van der Waals surface area contributed by atoms with Gasteiger partial charge in [0.25, 0.3) is 0 Å². The molecule has 3 heterocycles. The second kappa shape index (κ2) is 5.73. The van der Waals surface area contributed by atoms with Crippen molar-refractivity contribution in [3.8, 4) is 0 Å². The van der Waals surface area contributed by atoms with Crippen molar-refractivity contribution < 1.29 is 22.0 Å². The molecule has 26 heavy (non-hydrogen) atoms. The summed E-state index contributed by atoms with van der Waals surface area (Å²) in [6.45, 7) is 0.147. The normalized spacial score (nSPS) is 20.4. The number of hydrogen-bond acceptors (Lipinski definition) is 3. The van der Waals surface area contributed by atoms with Crippen molar-refractivity contribution in [3.05, 3.63) is 59.2 Å². The molecule has 2 N–H and O–H groups in total. The number of imidazole rings is 1. The number of halogens is 5. The van der Waals surface area contributed by atoms with Crippen LogP contribution in [0.25, 0.3) is 11.0 Å². The van der Waals surface area contributed by atoms with Gasteiger partial charge in [0.2, 0.25) is 0 Å². The van der Waals surface area contributed by atoms with Crippen LogP contribution in [0.4, 0.5) is 22.0 Å². The minimum Gasteiger partial charge on any atom is -0.326 e. The van der Waals surface area contributed by atoms with E-state index in [1.165, 1.54) is 0 Å². The fourth-order valence-corrected chi connectivity index (χ4v) is 3.42. The summed E-state index contributed by atoms with van der Waals surface area (Å²) >= 11 is 0. The van der Waals surface area contributed by atoms with Gasteiger partial charge < -0.3 is 10.3 Å². The molecule has 3 aromatic rings. The molecular formula is C17H13F5N4. The van der Waals surface area contributed by atoms with E-state index in [1.807, 2.05) is 0 Å². The molecule has 136 valence electrons. The maximum absolute atomic E-state index is 14.1. The first-order chi connectivity index (χ1) is 12.2. The Morgan fingerprint density at radius 3 is 2.65 bits per heavy atom. The van der Waals surface area contributed by atoms with Crippen LogP contribution in [0.2, 0.25) is 0 Å². The highest BCUT2D eigenvalue weighted by atomic mass is 19.4. The van der Waals surface area contributed by atoms with Crippen LogP contribution in [0.3, 0.4) is 0 Å². The van der Waals surface area contributed by atoms with Crippen molar-refractivity contribution in [3.63, 3.8) is 0 Å². The van der Waals surface area contributed by atoms with Crippen LogP contribution in [0.15, 0.2) is 30.5 Å². The van der Waals surface area contributed by atoms with Gasteiger partial charge in [-0.05, 0) is 29.8 Å². The number of nitrogens with zero attached hydrogens (tertiary/aromatic N) is 3. The maximum atomic E-state index is 14.1. The minimum absolute atomic E-state index is 0.143. The molecule has 1 aromatic carbocycles. The number of alkyl halides is 3. The highest BCUT2D eigenvalue weighted by Crippen LogP contribution is 2.34. The highest BCUT2D eigenvalue weighted by Gasteiger charge is 2.35. The second-order valence-electron chi connectivity index (χ2n) is 6.33. The number of nitrogens with two attached hydrogens (primary N) is 1. The molecule has 1 aliphatic rings. The molecule has 0 spiro atoms. The van der Waals surface area contributed by atoms with Crippen LogP contribution < -0.4 is 5.73 Å². The van der Waals surface area contributed by atoms with Gasteiger partial charge in [-0.1, -0.05) is 0 Å². The topological polar surface area (TPSA) is 56.7 Å². The SMILES string of the molecule is NC1Cn2c(nc3cnc(C(F)(F)F)cc32)CC1c1cc(F)ccc1F. The van der Waals surface area contributed by atoms with E-state index in [4.69, 9.17) is 5.73 Å². The monoisotopic (exact) mass is 368 g/mol. The summed E-state index contributed by atoms with van der Waals surface area (Å²) in [7, 11) is 0. The number of aromatic nitrogens is 3. The fourth-order valence-electron chi connectivity index (χ4n) is 3.42. The lowest BCUT2D eigenvalue weighted by atomic mass is 9.86. The van der Waals surface area contributed by atoms with Crippen molar-refractivity contribution in [2.45, 2.75) is 31.1 Å². The number of hydrogen-bond donors (Lipinski definition) is 1. The third-order valence-electron chi connectivity index (χ3n) is 4.67. The fraction of sp³-hybridized carbons (Fsp3) is 0.294. The summed E-state index contributed by atoms with van der Waals surface area (Å²) in [5.74, 6) is -1.20. The minimum atomic E-state index is -4.57. The first-order valence-electron chi connectivity index (χ1n) is 7.87.